The number of nitrogens with two attached hydrogens (primary N) is 1. The summed E-state index contributed by atoms with van der Waals surface area (Å²) in [6.45, 7) is 6.72. The third-order valence-corrected chi connectivity index (χ3v) is 3.15. The molecule has 2 unspecified atom stereocenters. The van der Waals surface area contributed by atoms with Crippen LogP contribution >= 0.6 is 11.8 Å². The minimum Gasteiger partial charge on any atom is -0.353 e. The minimum absolute atomic E-state index is 0.0119. The fourth-order valence-corrected chi connectivity index (χ4v) is 1.89. The largest absolute Gasteiger partial charge is 0.353 e. The zero-order valence-electron chi connectivity index (χ0n) is 9.38. The van der Waals surface area contributed by atoms with Crippen LogP contribution in [-0.4, -0.2) is 29.5 Å². The van der Waals surface area contributed by atoms with Gasteiger partial charge in [0.2, 0.25) is 5.91 Å². The van der Waals surface area contributed by atoms with Gasteiger partial charge in [-0.15, -0.1) is 11.8 Å². The second-order valence-corrected chi connectivity index (χ2v) is 4.95. The predicted octanol–water partition coefficient (Wildman–Crippen LogP) is 1.37. The molecule has 0 aromatic carbocycles. The van der Waals surface area contributed by atoms with E-state index in [0.29, 0.717) is 6.54 Å². The molecule has 3 N–H and O–H groups in total. The summed E-state index contributed by atoms with van der Waals surface area (Å²) in [5.41, 5.74) is 5.37. The van der Waals surface area contributed by atoms with Crippen molar-refractivity contribution in [3.63, 3.8) is 0 Å². The maximum absolute atomic E-state index is 11.6. The number of rotatable bonds is 7. The quantitative estimate of drug-likeness (QED) is 0.678. The van der Waals surface area contributed by atoms with Crippen LogP contribution in [-0.2, 0) is 4.79 Å². The predicted molar refractivity (Wildman–Crippen MR) is 63.5 cm³/mol. The average molecular weight is 218 g/mol. The summed E-state index contributed by atoms with van der Waals surface area (Å²) in [6, 6.07) is 0.286. The molecule has 0 fully saturated rings. The topological polar surface area (TPSA) is 55.1 Å². The van der Waals surface area contributed by atoms with Crippen molar-refractivity contribution in [2.45, 2.75) is 44.9 Å². The third kappa shape index (κ3) is 6.27. The first-order valence-corrected chi connectivity index (χ1v) is 6.28. The fraction of sp³-hybridized carbons (Fsp3) is 0.900. The molecule has 1 amide bonds. The molecule has 0 bridgehead atoms. The van der Waals surface area contributed by atoms with Gasteiger partial charge in [-0.2, -0.15) is 0 Å². The smallest absolute Gasteiger partial charge is 0.233 e. The SMILES string of the molecule is CCCC(C)NC(=O)C(C)SCCN. The van der Waals surface area contributed by atoms with E-state index < -0.39 is 0 Å². The molecule has 0 spiro atoms. The third-order valence-electron chi connectivity index (χ3n) is 1.97. The number of hydrogen-bond acceptors (Lipinski definition) is 3. The van der Waals surface area contributed by atoms with E-state index in [4.69, 9.17) is 5.73 Å². The molecule has 0 rings (SSSR count). The zero-order chi connectivity index (χ0) is 11.0. The Labute approximate surface area is 91.2 Å². The van der Waals surface area contributed by atoms with E-state index in [1.54, 1.807) is 11.8 Å². The van der Waals surface area contributed by atoms with Crippen molar-refractivity contribution < 1.29 is 4.79 Å². The van der Waals surface area contributed by atoms with Crippen LogP contribution < -0.4 is 11.1 Å². The van der Waals surface area contributed by atoms with Gasteiger partial charge in [-0.05, 0) is 20.3 Å². The molecular formula is C10H22N2OS. The molecule has 0 saturated heterocycles. The van der Waals surface area contributed by atoms with Gasteiger partial charge in [0, 0.05) is 18.3 Å². The van der Waals surface area contributed by atoms with Gasteiger partial charge in [-0.25, -0.2) is 0 Å². The molecule has 0 aliphatic carbocycles. The lowest BCUT2D eigenvalue weighted by Crippen LogP contribution is -2.37. The molecule has 0 radical (unpaired) electrons. The first kappa shape index (κ1) is 13.8. The number of carbonyl (C=O) groups is 1. The molecular weight excluding hydrogens is 196 g/mol. The molecule has 3 nitrogen and oxygen atoms in total. The second-order valence-electron chi connectivity index (χ2n) is 3.50. The van der Waals surface area contributed by atoms with Gasteiger partial charge in [0.1, 0.15) is 0 Å². The fourth-order valence-electron chi connectivity index (χ4n) is 1.19. The van der Waals surface area contributed by atoms with E-state index >= 15 is 0 Å². The maximum atomic E-state index is 11.6. The van der Waals surface area contributed by atoms with E-state index in [1.165, 1.54) is 0 Å². The Balaban J connectivity index is 3.71. The molecule has 84 valence electrons. The minimum atomic E-state index is 0.0119. The van der Waals surface area contributed by atoms with Crippen molar-refractivity contribution in [1.82, 2.24) is 5.32 Å². The summed E-state index contributed by atoms with van der Waals surface area (Å²) < 4.78 is 0. The first-order chi connectivity index (χ1) is 6.61. The van der Waals surface area contributed by atoms with E-state index in [9.17, 15) is 4.79 Å². The lowest BCUT2D eigenvalue weighted by atomic mass is 10.2. The Kier molecular flexibility index (Phi) is 7.99. The van der Waals surface area contributed by atoms with E-state index in [2.05, 4.69) is 12.2 Å². The number of thioether (sulfide) groups is 1. The highest BCUT2D eigenvalue weighted by Crippen LogP contribution is 2.09. The number of amides is 1. The van der Waals surface area contributed by atoms with Crippen LogP contribution in [0.25, 0.3) is 0 Å². The van der Waals surface area contributed by atoms with Crippen LogP contribution in [0.1, 0.15) is 33.6 Å². The maximum Gasteiger partial charge on any atom is 0.233 e. The number of hydrogen-bond donors (Lipinski definition) is 2. The summed E-state index contributed by atoms with van der Waals surface area (Å²) in [6.07, 6.45) is 2.14. The average Bonchev–Trinajstić information content (AvgIpc) is 2.14. The van der Waals surface area contributed by atoms with Gasteiger partial charge < -0.3 is 11.1 Å². The highest BCUT2D eigenvalue weighted by molar-refractivity contribution is 8.00. The highest BCUT2D eigenvalue weighted by Gasteiger charge is 2.14. The van der Waals surface area contributed by atoms with Crippen molar-refractivity contribution in [2.75, 3.05) is 12.3 Å². The van der Waals surface area contributed by atoms with Crippen molar-refractivity contribution in [3.05, 3.63) is 0 Å². The molecule has 0 heterocycles. The van der Waals surface area contributed by atoms with Gasteiger partial charge in [-0.1, -0.05) is 13.3 Å². The van der Waals surface area contributed by atoms with Gasteiger partial charge >= 0.3 is 0 Å². The number of carbonyl (C=O) groups excluding carboxylic acids is 1. The lowest BCUT2D eigenvalue weighted by Gasteiger charge is -2.16. The van der Waals surface area contributed by atoms with Crippen LogP contribution in [0.3, 0.4) is 0 Å². The molecule has 0 aromatic heterocycles. The van der Waals surface area contributed by atoms with Crippen LogP contribution in [0.5, 0.6) is 0 Å². The van der Waals surface area contributed by atoms with Crippen LogP contribution in [0, 0.1) is 0 Å². The molecule has 2 atom stereocenters. The molecule has 14 heavy (non-hydrogen) atoms. The Morgan fingerprint density at radius 3 is 2.64 bits per heavy atom. The summed E-state index contributed by atoms with van der Waals surface area (Å²) in [5, 5.41) is 3.00. The van der Waals surface area contributed by atoms with Gasteiger partial charge in [0.25, 0.3) is 0 Å². The first-order valence-electron chi connectivity index (χ1n) is 5.23. The Morgan fingerprint density at radius 2 is 2.14 bits per heavy atom. The molecule has 0 aliphatic rings. The Morgan fingerprint density at radius 1 is 1.50 bits per heavy atom. The number of nitrogens with one attached hydrogen (secondary N) is 1. The van der Waals surface area contributed by atoms with Gasteiger partial charge in [0.05, 0.1) is 5.25 Å². The normalized spacial score (nSPS) is 14.9. The van der Waals surface area contributed by atoms with Crippen molar-refractivity contribution in [2.24, 2.45) is 5.73 Å². The molecule has 0 aromatic rings. The summed E-state index contributed by atoms with van der Waals surface area (Å²) in [4.78, 5) is 11.6. The summed E-state index contributed by atoms with van der Waals surface area (Å²) in [7, 11) is 0. The zero-order valence-corrected chi connectivity index (χ0v) is 10.2. The van der Waals surface area contributed by atoms with Crippen molar-refractivity contribution >= 4 is 17.7 Å². The van der Waals surface area contributed by atoms with Crippen molar-refractivity contribution in [1.29, 1.82) is 0 Å². The monoisotopic (exact) mass is 218 g/mol. The van der Waals surface area contributed by atoms with E-state index in [0.717, 1.165) is 18.6 Å². The Hall–Kier alpha value is -0.220. The van der Waals surface area contributed by atoms with Crippen molar-refractivity contribution in [3.8, 4) is 0 Å². The van der Waals surface area contributed by atoms with Gasteiger partial charge in [0.15, 0.2) is 0 Å². The van der Waals surface area contributed by atoms with Crippen LogP contribution in [0.2, 0.25) is 0 Å². The second kappa shape index (κ2) is 8.12. The van der Waals surface area contributed by atoms with E-state index in [1.807, 2.05) is 13.8 Å². The summed E-state index contributed by atoms with van der Waals surface area (Å²) in [5.74, 6) is 0.973. The Bertz CT molecular complexity index is 164. The molecule has 0 saturated carbocycles. The molecule has 0 aliphatic heterocycles. The summed E-state index contributed by atoms with van der Waals surface area (Å²) >= 11 is 1.61. The van der Waals surface area contributed by atoms with Crippen LogP contribution in [0.4, 0.5) is 0 Å². The molecule has 4 heteroatoms. The van der Waals surface area contributed by atoms with Crippen LogP contribution in [0.15, 0.2) is 0 Å². The standard InChI is InChI=1S/C10H22N2OS/c1-4-5-8(2)12-10(13)9(3)14-7-6-11/h8-9H,4-7,11H2,1-3H3,(H,12,13). The van der Waals surface area contributed by atoms with Gasteiger partial charge in [-0.3, -0.25) is 4.79 Å². The van der Waals surface area contributed by atoms with E-state index in [-0.39, 0.29) is 17.2 Å². The lowest BCUT2D eigenvalue weighted by molar-refractivity contribution is -0.120. The highest BCUT2D eigenvalue weighted by atomic mass is 32.2.